The topological polar surface area (TPSA) is 244 Å². The van der Waals surface area contributed by atoms with Gasteiger partial charge in [-0.2, -0.15) is 8.62 Å². The molecule has 3 unspecified atom stereocenters. The minimum atomic E-state index is -5.71. The zero-order valence-corrected chi connectivity index (χ0v) is 19.6. The van der Waals surface area contributed by atoms with Crippen molar-refractivity contribution >= 4 is 23.5 Å². The Morgan fingerprint density at radius 3 is 2.44 bits per heavy atom. The molecular weight excluding hydrogens is 525 g/mol. The van der Waals surface area contributed by atoms with Crippen molar-refractivity contribution in [2.24, 2.45) is 0 Å². The molecule has 2 heterocycles. The fourth-order valence-electron chi connectivity index (χ4n) is 2.59. The number of rotatable bonds is 9. The highest BCUT2D eigenvalue weighted by atomic mass is 31.3. The number of hydrogen-bond donors (Lipinski definition) is 6. The fraction of sp³-hybridized carbons (Fsp3) is 0.467. The lowest BCUT2D eigenvalue weighted by molar-refractivity contribution is -0.0450. The Balaban J connectivity index is 2.09. The first-order valence-electron chi connectivity index (χ1n) is 9.02. The van der Waals surface area contributed by atoms with Gasteiger partial charge in [0.1, 0.15) is 17.9 Å². The third kappa shape index (κ3) is 8.73. The molecule has 16 nitrogen and oxygen atoms in total. The van der Waals surface area contributed by atoms with Gasteiger partial charge in [-0.15, -0.1) is 12.3 Å². The van der Waals surface area contributed by atoms with Gasteiger partial charge in [0.2, 0.25) is 0 Å². The average molecular weight is 544 g/mol. The quantitative estimate of drug-likeness (QED) is 0.128. The molecule has 1 saturated heterocycles. The monoisotopic (exact) mass is 544 g/mol. The number of aliphatic hydroxyl groups is 1. The van der Waals surface area contributed by atoms with Gasteiger partial charge >= 0.3 is 29.2 Å². The number of phosphoric ester groups is 1. The van der Waals surface area contributed by atoms with E-state index in [0.717, 1.165) is 10.8 Å². The summed E-state index contributed by atoms with van der Waals surface area (Å²) < 4.78 is 51.6. The average Bonchev–Trinajstić information content (AvgIpc) is 3.02. The number of ether oxygens (including phenoxy) is 1. The van der Waals surface area contributed by atoms with Gasteiger partial charge in [0.25, 0.3) is 5.56 Å². The molecule has 0 saturated carbocycles. The third-order valence-corrected chi connectivity index (χ3v) is 7.72. The molecule has 1 aromatic heterocycles. The molecule has 188 valence electrons. The minimum absolute atomic E-state index is 0.0913. The fourth-order valence-corrected chi connectivity index (χ4v) is 5.62. The standard InChI is InChI=1S/C15H19N2O14P3/c1-2-3-4-5-6-10-8-17(15(20)16-14(10)19)13-7-11(18)12(29-13)9-28-33(24,25)31-34(26,27)30-32(21,22)23/h1,8,11-13,18H,3-4,7,9H2,(H,24,25)(H,26,27)(H,16,19,20)(H2,21,22,23)/t11?,12-,13-/m1/s1. The summed E-state index contributed by atoms with van der Waals surface area (Å²) in [7, 11) is -16.7. The summed E-state index contributed by atoms with van der Waals surface area (Å²) in [5.74, 6) is 7.57. The van der Waals surface area contributed by atoms with Gasteiger partial charge in [0.15, 0.2) is 0 Å². The Kier molecular flexibility index (Phi) is 9.38. The molecule has 0 amide bonds. The van der Waals surface area contributed by atoms with E-state index in [1.807, 2.05) is 4.98 Å². The Labute approximate surface area is 190 Å². The van der Waals surface area contributed by atoms with Crippen LogP contribution in [0.5, 0.6) is 0 Å². The molecule has 0 spiro atoms. The van der Waals surface area contributed by atoms with Crippen molar-refractivity contribution in [2.75, 3.05) is 6.61 Å². The smallest absolute Gasteiger partial charge is 0.390 e. The van der Waals surface area contributed by atoms with Crippen LogP contribution in [-0.2, 0) is 31.6 Å². The van der Waals surface area contributed by atoms with Crippen molar-refractivity contribution in [3.63, 3.8) is 0 Å². The number of aromatic nitrogens is 2. The van der Waals surface area contributed by atoms with Crippen LogP contribution >= 0.6 is 23.5 Å². The van der Waals surface area contributed by atoms with E-state index < -0.39 is 59.8 Å². The van der Waals surface area contributed by atoms with Crippen molar-refractivity contribution in [3.8, 4) is 24.2 Å². The number of phosphoric acid groups is 3. The summed E-state index contributed by atoms with van der Waals surface area (Å²) in [6.45, 7) is -0.918. The lowest BCUT2D eigenvalue weighted by Gasteiger charge is -2.19. The molecule has 2 rings (SSSR count). The highest BCUT2D eigenvalue weighted by Gasteiger charge is 2.43. The number of hydrogen-bond acceptors (Lipinski definition) is 10. The van der Waals surface area contributed by atoms with Gasteiger partial charge in [-0.1, -0.05) is 11.8 Å². The summed E-state index contributed by atoms with van der Waals surface area (Å²) in [4.78, 5) is 61.7. The molecule has 5 atom stereocenters. The highest BCUT2D eigenvalue weighted by Crippen LogP contribution is 2.66. The maximum absolute atomic E-state index is 12.2. The van der Waals surface area contributed by atoms with Crippen LogP contribution in [0.3, 0.4) is 0 Å². The molecule has 1 fully saturated rings. The SMILES string of the molecule is C#CCCC#Cc1cn([C@H]2CC(O)[C@@H](COP(=O)(O)OP(=O)(O)OP(=O)(O)O)O2)c(=O)[nH]c1=O. The summed E-state index contributed by atoms with van der Waals surface area (Å²) in [6.07, 6.45) is 2.71. The number of H-pyrrole nitrogens is 1. The molecule has 6 N–H and O–H groups in total. The number of nitrogens with one attached hydrogen (secondary N) is 1. The van der Waals surface area contributed by atoms with Crippen LogP contribution < -0.4 is 11.2 Å². The van der Waals surface area contributed by atoms with Crippen LogP contribution in [0.15, 0.2) is 15.8 Å². The number of aromatic amines is 1. The van der Waals surface area contributed by atoms with Crippen molar-refractivity contribution in [1.82, 2.24) is 9.55 Å². The molecule has 1 aliphatic heterocycles. The van der Waals surface area contributed by atoms with Gasteiger partial charge in [0.05, 0.1) is 12.7 Å². The summed E-state index contributed by atoms with van der Waals surface area (Å²) in [5.41, 5.74) is -1.76. The van der Waals surface area contributed by atoms with Crippen molar-refractivity contribution in [3.05, 3.63) is 32.6 Å². The Bertz CT molecular complexity index is 1260. The van der Waals surface area contributed by atoms with Crippen LogP contribution in [-0.4, -0.2) is 53.0 Å². The van der Waals surface area contributed by atoms with E-state index >= 15 is 0 Å². The number of nitrogens with zero attached hydrogens (tertiary/aromatic N) is 1. The Hall–Kier alpha value is -1.87. The van der Waals surface area contributed by atoms with E-state index in [1.165, 1.54) is 0 Å². The van der Waals surface area contributed by atoms with Crippen LogP contribution in [0, 0.1) is 24.2 Å². The lowest BCUT2D eigenvalue weighted by Crippen LogP contribution is -2.33. The van der Waals surface area contributed by atoms with Crippen molar-refractivity contribution in [2.45, 2.75) is 37.7 Å². The van der Waals surface area contributed by atoms with E-state index in [2.05, 4.69) is 30.9 Å². The second kappa shape index (κ2) is 11.2. The molecule has 1 aliphatic rings. The van der Waals surface area contributed by atoms with Gasteiger partial charge in [-0.3, -0.25) is 18.9 Å². The van der Waals surface area contributed by atoms with E-state index in [0.29, 0.717) is 12.8 Å². The molecule has 0 aliphatic carbocycles. The molecule has 1 aromatic rings. The van der Waals surface area contributed by atoms with E-state index in [-0.39, 0.29) is 12.0 Å². The summed E-state index contributed by atoms with van der Waals surface area (Å²) in [5, 5.41) is 10.1. The highest BCUT2D eigenvalue weighted by molar-refractivity contribution is 7.66. The minimum Gasteiger partial charge on any atom is -0.390 e. The van der Waals surface area contributed by atoms with E-state index in [4.69, 9.17) is 25.8 Å². The molecular formula is C15H19N2O14P3. The number of terminal acetylenes is 1. The lowest BCUT2D eigenvalue weighted by atomic mass is 10.2. The van der Waals surface area contributed by atoms with Crippen LogP contribution in [0.4, 0.5) is 0 Å². The third-order valence-electron chi connectivity index (χ3n) is 3.92. The van der Waals surface area contributed by atoms with E-state index in [9.17, 15) is 33.3 Å². The largest absolute Gasteiger partial charge is 0.490 e. The predicted octanol–water partition coefficient (Wildman–Crippen LogP) is -0.707. The Morgan fingerprint density at radius 2 is 1.82 bits per heavy atom. The molecule has 19 heteroatoms. The van der Waals surface area contributed by atoms with Crippen molar-refractivity contribution in [1.29, 1.82) is 0 Å². The second-order valence-corrected chi connectivity index (χ2v) is 11.0. The van der Waals surface area contributed by atoms with Gasteiger partial charge in [-0.05, 0) is 0 Å². The number of aliphatic hydroxyl groups excluding tert-OH is 1. The molecule has 0 radical (unpaired) electrons. The van der Waals surface area contributed by atoms with Gasteiger partial charge in [0, 0.05) is 25.5 Å². The summed E-state index contributed by atoms with van der Waals surface area (Å²) in [6, 6.07) is 0. The van der Waals surface area contributed by atoms with Crippen LogP contribution in [0.1, 0.15) is 31.1 Å². The maximum atomic E-state index is 12.2. The molecule has 34 heavy (non-hydrogen) atoms. The molecule has 0 bridgehead atoms. The maximum Gasteiger partial charge on any atom is 0.490 e. The zero-order chi connectivity index (χ0) is 25.7. The van der Waals surface area contributed by atoms with Gasteiger partial charge < -0.3 is 29.4 Å². The van der Waals surface area contributed by atoms with Gasteiger partial charge in [-0.25, -0.2) is 18.5 Å². The predicted molar refractivity (Wildman–Crippen MR) is 111 cm³/mol. The first kappa shape index (κ1) is 28.4. The Morgan fingerprint density at radius 1 is 1.15 bits per heavy atom. The first-order valence-corrected chi connectivity index (χ1v) is 13.5. The summed E-state index contributed by atoms with van der Waals surface area (Å²) >= 11 is 0. The van der Waals surface area contributed by atoms with Crippen LogP contribution in [0.25, 0.3) is 0 Å². The first-order chi connectivity index (χ1) is 15.6. The normalized spacial score (nSPS) is 23.8. The second-order valence-electron chi connectivity index (χ2n) is 6.53. The van der Waals surface area contributed by atoms with Crippen molar-refractivity contribution < 1.29 is 56.3 Å². The zero-order valence-electron chi connectivity index (χ0n) is 16.9. The molecule has 0 aromatic carbocycles. The van der Waals surface area contributed by atoms with E-state index in [1.54, 1.807) is 0 Å². The van der Waals surface area contributed by atoms with Crippen LogP contribution in [0.2, 0.25) is 0 Å². The number of unbranched alkanes of at least 4 members (excludes halogenated alkanes) is 1.